The van der Waals surface area contributed by atoms with Crippen LogP contribution in [0.5, 0.6) is 0 Å². The molecule has 0 aliphatic heterocycles. The van der Waals surface area contributed by atoms with Gasteiger partial charge in [-0.15, -0.1) is 0 Å². The van der Waals surface area contributed by atoms with Gasteiger partial charge in [-0.2, -0.15) is 0 Å². The van der Waals surface area contributed by atoms with E-state index in [-0.39, 0.29) is 38.4 Å². The van der Waals surface area contributed by atoms with E-state index in [1.165, 1.54) is 0 Å². The van der Waals surface area contributed by atoms with Gasteiger partial charge in [0.25, 0.3) is 0 Å². The molecule has 172 valence electrons. The van der Waals surface area contributed by atoms with Crippen LogP contribution in [0, 0.1) is 0 Å². The third kappa shape index (κ3) is 41.3. The molecule has 0 saturated carbocycles. The van der Waals surface area contributed by atoms with Gasteiger partial charge in [0.15, 0.2) is 0 Å². The van der Waals surface area contributed by atoms with Gasteiger partial charge in [-0.1, -0.05) is 13.3 Å². The standard InChI is InChI=1S/C7H16O2.2C6H10O4/c1-2-4-7(9)5-3-6-8;2*7-5(8)3-1-2-4-6(9)10/h7-9H,2-6H2,1H3;2*1-4H2,(H,7,8)(H,9,10). The highest BCUT2D eigenvalue weighted by atomic mass is 16.4. The molecule has 0 fully saturated rings. The van der Waals surface area contributed by atoms with Crippen molar-refractivity contribution in [1.82, 2.24) is 0 Å². The highest BCUT2D eigenvalue weighted by molar-refractivity contribution is 5.68. The first-order valence-electron chi connectivity index (χ1n) is 9.72. The maximum atomic E-state index is 9.90. The molecule has 0 saturated heterocycles. The van der Waals surface area contributed by atoms with Crippen molar-refractivity contribution in [2.24, 2.45) is 0 Å². The molecule has 0 heterocycles. The average molecular weight is 424 g/mol. The van der Waals surface area contributed by atoms with Crippen molar-refractivity contribution >= 4 is 23.9 Å². The third-order valence-electron chi connectivity index (χ3n) is 3.38. The molecular formula is C19H36O10. The van der Waals surface area contributed by atoms with Crippen molar-refractivity contribution in [1.29, 1.82) is 0 Å². The first-order valence-corrected chi connectivity index (χ1v) is 9.72. The van der Waals surface area contributed by atoms with Crippen LogP contribution >= 0.6 is 0 Å². The van der Waals surface area contributed by atoms with Crippen LogP contribution in [0.4, 0.5) is 0 Å². The molecule has 6 N–H and O–H groups in total. The minimum Gasteiger partial charge on any atom is -0.481 e. The predicted molar refractivity (Wildman–Crippen MR) is 105 cm³/mol. The summed E-state index contributed by atoms with van der Waals surface area (Å²) in [6.07, 6.45) is 5.19. The fourth-order valence-corrected chi connectivity index (χ4v) is 1.91. The Balaban J connectivity index is -0.000000350. The Bertz CT molecular complexity index is 373. The molecule has 10 nitrogen and oxygen atoms in total. The molecule has 10 heteroatoms. The number of hydrogen-bond acceptors (Lipinski definition) is 6. The molecule has 0 aliphatic carbocycles. The lowest BCUT2D eigenvalue weighted by Crippen LogP contribution is -2.05. The number of hydrogen-bond donors (Lipinski definition) is 6. The summed E-state index contributed by atoms with van der Waals surface area (Å²) in [5.41, 5.74) is 0. The zero-order valence-electron chi connectivity index (χ0n) is 17.1. The van der Waals surface area contributed by atoms with Gasteiger partial charge in [0.05, 0.1) is 6.10 Å². The quantitative estimate of drug-likeness (QED) is 0.213. The minimum absolute atomic E-state index is 0.0628. The average Bonchev–Trinajstić information content (AvgIpc) is 2.61. The Hall–Kier alpha value is -2.20. The molecule has 0 spiro atoms. The summed E-state index contributed by atoms with van der Waals surface area (Å²) in [6, 6.07) is 0. The highest BCUT2D eigenvalue weighted by Crippen LogP contribution is 2.02. The Labute approximate surface area is 171 Å². The van der Waals surface area contributed by atoms with Crippen LogP contribution in [-0.4, -0.2) is 67.2 Å². The molecule has 0 aromatic carbocycles. The first-order chi connectivity index (χ1) is 13.6. The van der Waals surface area contributed by atoms with Gasteiger partial charge in [0.1, 0.15) is 0 Å². The summed E-state index contributed by atoms with van der Waals surface area (Å²) < 4.78 is 0. The zero-order chi connectivity index (χ0) is 23.1. The molecule has 0 radical (unpaired) electrons. The summed E-state index contributed by atoms with van der Waals surface area (Å²) in [5, 5.41) is 50.0. The Kier molecular flexibility index (Phi) is 25.9. The topological polar surface area (TPSA) is 190 Å². The molecule has 0 aliphatic rings. The number of carbonyl (C=O) groups is 4. The number of unbranched alkanes of at least 4 members (excludes halogenated alkanes) is 2. The summed E-state index contributed by atoms with van der Waals surface area (Å²) in [7, 11) is 0. The number of carboxylic acid groups (broad SMARTS) is 4. The molecule has 0 aromatic rings. The van der Waals surface area contributed by atoms with Crippen LogP contribution in [0.1, 0.15) is 84.0 Å². The number of aliphatic carboxylic acids is 4. The van der Waals surface area contributed by atoms with E-state index in [0.29, 0.717) is 25.7 Å². The van der Waals surface area contributed by atoms with E-state index in [1.54, 1.807) is 0 Å². The lowest BCUT2D eigenvalue weighted by molar-refractivity contribution is -0.139. The van der Waals surface area contributed by atoms with E-state index in [2.05, 4.69) is 0 Å². The van der Waals surface area contributed by atoms with Gasteiger partial charge in [0, 0.05) is 32.3 Å². The maximum Gasteiger partial charge on any atom is 0.303 e. The van der Waals surface area contributed by atoms with Crippen LogP contribution in [0.2, 0.25) is 0 Å². The Morgan fingerprint density at radius 2 is 0.931 bits per heavy atom. The lowest BCUT2D eigenvalue weighted by atomic mass is 10.1. The monoisotopic (exact) mass is 424 g/mol. The van der Waals surface area contributed by atoms with Gasteiger partial charge < -0.3 is 30.6 Å². The molecule has 1 unspecified atom stereocenters. The van der Waals surface area contributed by atoms with Crippen molar-refractivity contribution in [3.05, 3.63) is 0 Å². The van der Waals surface area contributed by atoms with Crippen molar-refractivity contribution in [3.8, 4) is 0 Å². The van der Waals surface area contributed by atoms with Crippen LogP contribution < -0.4 is 0 Å². The lowest BCUT2D eigenvalue weighted by Gasteiger charge is -2.05. The number of rotatable bonds is 15. The van der Waals surface area contributed by atoms with E-state index < -0.39 is 23.9 Å². The van der Waals surface area contributed by atoms with Crippen molar-refractivity contribution in [2.75, 3.05) is 6.61 Å². The van der Waals surface area contributed by atoms with Gasteiger partial charge in [0.2, 0.25) is 0 Å². The largest absolute Gasteiger partial charge is 0.481 e. The van der Waals surface area contributed by atoms with Crippen LogP contribution in [0.25, 0.3) is 0 Å². The van der Waals surface area contributed by atoms with Crippen molar-refractivity contribution in [3.63, 3.8) is 0 Å². The number of aliphatic hydroxyl groups excluding tert-OH is 2. The number of carboxylic acids is 4. The van der Waals surface area contributed by atoms with Crippen LogP contribution in [-0.2, 0) is 19.2 Å². The fourth-order valence-electron chi connectivity index (χ4n) is 1.91. The smallest absolute Gasteiger partial charge is 0.303 e. The van der Waals surface area contributed by atoms with E-state index in [0.717, 1.165) is 25.7 Å². The molecule has 0 rings (SSSR count). The molecular weight excluding hydrogens is 388 g/mol. The number of aliphatic hydroxyl groups is 2. The second-order valence-electron chi connectivity index (χ2n) is 6.30. The van der Waals surface area contributed by atoms with E-state index >= 15 is 0 Å². The first kappa shape index (κ1) is 31.5. The van der Waals surface area contributed by atoms with Crippen LogP contribution in [0.15, 0.2) is 0 Å². The second kappa shape index (κ2) is 23.8. The third-order valence-corrected chi connectivity index (χ3v) is 3.38. The van der Waals surface area contributed by atoms with Crippen molar-refractivity contribution < 1.29 is 49.8 Å². The second-order valence-corrected chi connectivity index (χ2v) is 6.30. The Morgan fingerprint density at radius 1 is 0.621 bits per heavy atom. The molecule has 0 bridgehead atoms. The normalized spacial score (nSPS) is 10.6. The molecule has 1 atom stereocenters. The van der Waals surface area contributed by atoms with Crippen molar-refractivity contribution in [2.45, 2.75) is 90.1 Å². The van der Waals surface area contributed by atoms with E-state index in [9.17, 15) is 19.2 Å². The van der Waals surface area contributed by atoms with Crippen LogP contribution in [0.3, 0.4) is 0 Å². The zero-order valence-corrected chi connectivity index (χ0v) is 17.1. The molecule has 29 heavy (non-hydrogen) atoms. The maximum absolute atomic E-state index is 9.90. The molecule has 0 amide bonds. The summed E-state index contributed by atoms with van der Waals surface area (Å²) in [5.74, 6) is -3.48. The van der Waals surface area contributed by atoms with Gasteiger partial charge in [-0.05, 0) is 44.9 Å². The fraction of sp³-hybridized carbons (Fsp3) is 0.789. The van der Waals surface area contributed by atoms with E-state index in [1.807, 2.05) is 6.92 Å². The summed E-state index contributed by atoms with van der Waals surface area (Å²) >= 11 is 0. The SMILES string of the molecule is CCCC(O)CCCO.O=C(O)CCCCC(=O)O.O=C(O)CCCCC(=O)O. The summed E-state index contributed by atoms with van der Waals surface area (Å²) in [4.78, 5) is 39.6. The van der Waals surface area contributed by atoms with Gasteiger partial charge >= 0.3 is 23.9 Å². The van der Waals surface area contributed by atoms with E-state index in [4.69, 9.17) is 30.6 Å². The molecule has 0 aromatic heterocycles. The minimum atomic E-state index is -0.870. The summed E-state index contributed by atoms with van der Waals surface area (Å²) in [6.45, 7) is 2.24. The highest BCUT2D eigenvalue weighted by Gasteiger charge is 2.00. The Morgan fingerprint density at radius 3 is 1.14 bits per heavy atom. The van der Waals surface area contributed by atoms with Gasteiger partial charge in [-0.25, -0.2) is 0 Å². The van der Waals surface area contributed by atoms with Gasteiger partial charge in [-0.3, -0.25) is 19.2 Å². The predicted octanol–water partition coefficient (Wildman–Crippen LogP) is 2.35.